The zero-order valence-electron chi connectivity index (χ0n) is 19.4. The molecule has 1 aliphatic carbocycles. The third kappa shape index (κ3) is 7.81. The lowest BCUT2D eigenvalue weighted by molar-refractivity contribution is -0.139. The van der Waals surface area contributed by atoms with Crippen LogP contribution in [0, 0.1) is 0 Å². The molecule has 0 radical (unpaired) electrons. The highest BCUT2D eigenvalue weighted by Gasteiger charge is 2.31. The van der Waals surface area contributed by atoms with E-state index >= 15 is 0 Å². The topological polar surface area (TPSA) is 49.4 Å². The summed E-state index contributed by atoms with van der Waals surface area (Å²) in [4.78, 5) is 28.4. The van der Waals surface area contributed by atoms with Crippen LogP contribution >= 0.6 is 46.6 Å². The summed E-state index contributed by atoms with van der Waals surface area (Å²) in [5, 5.41) is 4.85. The normalized spacial score (nSPS) is 15.1. The van der Waals surface area contributed by atoms with Crippen molar-refractivity contribution in [1.29, 1.82) is 0 Å². The Labute approximate surface area is 221 Å². The number of benzene rings is 2. The fourth-order valence-electron chi connectivity index (χ4n) is 4.24. The van der Waals surface area contributed by atoms with Crippen LogP contribution in [0.2, 0.25) is 15.1 Å². The van der Waals surface area contributed by atoms with Gasteiger partial charge < -0.3 is 10.2 Å². The number of nitrogens with zero attached hydrogens (tertiary/aromatic N) is 1. The SMILES string of the molecule is CC[C@@H](C(=O)NC1CCCCC1)N(Cc1c(Cl)cccc1Cl)C(=O)CSCc1ccc(Cl)cc1. The second-order valence-electron chi connectivity index (χ2n) is 8.61. The Hall–Kier alpha value is -1.40. The van der Waals surface area contributed by atoms with Gasteiger partial charge in [-0.15, -0.1) is 11.8 Å². The van der Waals surface area contributed by atoms with Gasteiger partial charge in [0.2, 0.25) is 11.8 Å². The highest BCUT2D eigenvalue weighted by molar-refractivity contribution is 7.99. The highest BCUT2D eigenvalue weighted by atomic mass is 35.5. The molecule has 1 fully saturated rings. The van der Waals surface area contributed by atoms with Gasteiger partial charge >= 0.3 is 0 Å². The van der Waals surface area contributed by atoms with Crippen LogP contribution in [-0.4, -0.2) is 34.6 Å². The molecule has 184 valence electrons. The third-order valence-electron chi connectivity index (χ3n) is 6.14. The Morgan fingerprint density at radius 2 is 1.68 bits per heavy atom. The van der Waals surface area contributed by atoms with E-state index in [4.69, 9.17) is 34.8 Å². The van der Waals surface area contributed by atoms with Crippen molar-refractivity contribution in [2.75, 3.05) is 5.75 Å². The number of rotatable bonds is 10. The Morgan fingerprint density at radius 3 is 2.29 bits per heavy atom. The number of amides is 2. The number of hydrogen-bond acceptors (Lipinski definition) is 3. The van der Waals surface area contributed by atoms with E-state index in [-0.39, 0.29) is 30.2 Å². The maximum Gasteiger partial charge on any atom is 0.243 e. The summed E-state index contributed by atoms with van der Waals surface area (Å²) in [6, 6.07) is 12.5. The molecule has 0 spiro atoms. The molecule has 0 aliphatic heterocycles. The molecule has 1 saturated carbocycles. The number of thioether (sulfide) groups is 1. The van der Waals surface area contributed by atoms with Crippen molar-refractivity contribution < 1.29 is 9.59 Å². The molecule has 0 unspecified atom stereocenters. The van der Waals surface area contributed by atoms with Crippen molar-refractivity contribution in [1.82, 2.24) is 10.2 Å². The van der Waals surface area contributed by atoms with Gasteiger partial charge in [0.25, 0.3) is 0 Å². The van der Waals surface area contributed by atoms with E-state index in [2.05, 4.69) is 5.32 Å². The van der Waals surface area contributed by atoms with Crippen LogP contribution in [0.5, 0.6) is 0 Å². The summed E-state index contributed by atoms with van der Waals surface area (Å²) in [5.74, 6) is 0.709. The Morgan fingerprint density at radius 1 is 1.03 bits per heavy atom. The molecule has 3 rings (SSSR count). The van der Waals surface area contributed by atoms with Crippen molar-refractivity contribution >= 4 is 58.4 Å². The standard InChI is InChI=1S/C26H31Cl3N2O2S/c1-2-24(26(33)30-20-7-4-3-5-8-20)31(15-21-22(28)9-6-10-23(21)29)25(32)17-34-16-18-11-13-19(27)14-12-18/h6,9-14,20,24H,2-5,7-8,15-17H2,1H3,(H,30,33)/t24-/m0/s1. The number of halogens is 3. The molecule has 1 atom stereocenters. The van der Waals surface area contributed by atoms with Gasteiger partial charge in [0.1, 0.15) is 6.04 Å². The zero-order chi connectivity index (χ0) is 24.5. The number of nitrogens with one attached hydrogen (secondary N) is 1. The van der Waals surface area contributed by atoms with Gasteiger partial charge in [-0.2, -0.15) is 0 Å². The van der Waals surface area contributed by atoms with Gasteiger partial charge in [0.15, 0.2) is 0 Å². The Balaban J connectivity index is 1.74. The van der Waals surface area contributed by atoms with Crippen LogP contribution in [0.1, 0.15) is 56.6 Å². The molecule has 8 heteroatoms. The lowest BCUT2D eigenvalue weighted by Crippen LogP contribution is -2.52. The van der Waals surface area contributed by atoms with Gasteiger partial charge in [-0.1, -0.05) is 79.2 Å². The molecule has 2 amide bonds. The fourth-order valence-corrected chi connectivity index (χ4v) is 5.75. The summed E-state index contributed by atoms with van der Waals surface area (Å²) >= 11 is 20.3. The molecule has 2 aromatic rings. The molecule has 1 aliphatic rings. The van der Waals surface area contributed by atoms with Crippen molar-refractivity contribution in [2.24, 2.45) is 0 Å². The minimum absolute atomic E-state index is 0.103. The summed E-state index contributed by atoms with van der Waals surface area (Å²) in [6.45, 7) is 2.12. The second-order valence-corrected chi connectivity index (χ2v) is 10.8. The Kier molecular flexibility index (Phi) is 10.9. The van der Waals surface area contributed by atoms with E-state index in [1.54, 1.807) is 23.1 Å². The van der Waals surface area contributed by atoms with Crippen LogP contribution in [0.3, 0.4) is 0 Å². The molecule has 1 N–H and O–H groups in total. The zero-order valence-corrected chi connectivity index (χ0v) is 22.5. The minimum atomic E-state index is -0.585. The van der Waals surface area contributed by atoms with Crippen LogP contribution < -0.4 is 5.32 Å². The molecule has 0 heterocycles. The second kappa shape index (κ2) is 13.6. The van der Waals surface area contributed by atoms with E-state index in [0.717, 1.165) is 31.2 Å². The van der Waals surface area contributed by atoms with Crippen LogP contribution in [-0.2, 0) is 21.9 Å². The smallest absolute Gasteiger partial charge is 0.243 e. The van der Waals surface area contributed by atoms with E-state index in [1.165, 1.54) is 18.2 Å². The maximum atomic E-state index is 13.4. The molecule has 0 aromatic heterocycles. The molecule has 2 aromatic carbocycles. The number of hydrogen-bond donors (Lipinski definition) is 1. The van der Waals surface area contributed by atoms with Gasteiger partial charge in [-0.3, -0.25) is 9.59 Å². The molecular weight excluding hydrogens is 511 g/mol. The third-order valence-corrected chi connectivity index (χ3v) is 8.08. The number of carbonyl (C=O) groups excluding carboxylic acids is 2. The van der Waals surface area contributed by atoms with E-state index < -0.39 is 6.04 Å². The summed E-state index contributed by atoms with van der Waals surface area (Å²) in [6.07, 6.45) is 5.95. The van der Waals surface area contributed by atoms with E-state index in [0.29, 0.717) is 32.8 Å². The van der Waals surface area contributed by atoms with Crippen molar-refractivity contribution in [3.63, 3.8) is 0 Å². The van der Waals surface area contributed by atoms with Gasteiger partial charge in [-0.05, 0) is 49.1 Å². The molecule has 0 bridgehead atoms. The molecule has 34 heavy (non-hydrogen) atoms. The first-order valence-electron chi connectivity index (χ1n) is 11.7. The van der Waals surface area contributed by atoms with Crippen molar-refractivity contribution in [3.8, 4) is 0 Å². The lowest BCUT2D eigenvalue weighted by atomic mass is 9.95. The average molecular weight is 542 g/mol. The average Bonchev–Trinajstić information content (AvgIpc) is 2.82. The van der Waals surface area contributed by atoms with Crippen LogP contribution in [0.15, 0.2) is 42.5 Å². The minimum Gasteiger partial charge on any atom is -0.352 e. The van der Waals surface area contributed by atoms with E-state index in [9.17, 15) is 9.59 Å². The first kappa shape index (κ1) is 27.2. The maximum absolute atomic E-state index is 13.4. The Bertz CT molecular complexity index is 945. The first-order valence-corrected chi connectivity index (χ1v) is 14.0. The first-order chi connectivity index (χ1) is 16.4. The quantitative estimate of drug-likeness (QED) is 0.348. The summed E-state index contributed by atoms with van der Waals surface area (Å²) < 4.78 is 0. The van der Waals surface area contributed by atoms with E-state index in [1.807, 2.05) is 31.2 Å². The highest BCUT2D eigenvalue weighted by Crippen LogP contribution is 2.28. The lowest BCUT2D eigenvalue weighted by Gasteiger charge is -2.33. The van der Waals surface area contributed by atoms with Crippen LogP contribution in [0.4, 0.5) is 0 Å². The van der Waals surface area contributed by atoms with Crippen molar-refractivity contribution in [2.45, 2.75) is 69.8 Å². The van der Waals surface area contributed by atoms with Crippen LogP contribution in [0.25, 0.3) is 0 Å². The van der Waals surface area contributed by atoms with Gasteiger partial charge in [0.05, 0.1) is 5.75 Å². The molecule has 0 saturated heterocycles. The predicted octanol–water partition coefficient (Wildman–Crippen LogP) is 7.14. The number of carbonyl (C=O) groups is 2. The predicted molar refractivity (Wildman–Crippen MR) is 144 cm³/mol. The van der Waals surface area contributed by atoms with Crippen molar-refractivity contribution in [3.05, 3.63) is 68.7 Å². The largest absolute Gasteiger partial charge is 0.352 e. The summed E-state index contributed by atoms with van der Waals surface area (Å²) in [5.41, 5.74) is 1.75. The van der Waals surface area contributed by atoms with Gasteiger partial charge in [-0.25, -0.2) is 0 Å². The van der Waals surface area contributed by atoms with Gasteiger partial charge in [0, 0.05) is 39.0 Å². The monoisotopic (exact) mass is 540 g/mol. The fraction of sp³-hybridized carbons (Fsp3) is 0.462. The summed E-state index contributed by atoms with van der Waals surface area (Å²) in [7, 11) is 0. The molecule has 4 nitrogen and oxygen atoms in total. The molecular formula is C26H31Cl3N2O2S.